The molecule has 0 radical (unpaired) electrons. The van der Waals surface area contributed by atoms with Gasteiger partial charge in [-0.15, -0.1) is 0 Å². The lowest BCUT2D eigenvalue weighted by molar-refractivity contribution is -0.165. The minimum absolute atomic E-state index is 0.0739. The van der Waals surface area contributed by atoms with E-state index in [-0.39, 0.29) is 18.3 Å². The summed E-state index contributed by atoms with van der Waals surface area (Å²) in [5, 5.41) is 5.45. The van der Waals surface area contributed by atoms with Gasteiger partial charge in [-0.05, 0) is 44.5 Å². The van der Waals surface area contributed by atoms with E-state index < -0.39 is 50.6 Å². The van der Waals surface area contributed by atoms with Crippen LogP contribution in [-0.2, 0) is 34.8 Å². The molecule has 0 aromatic heterocycles. The van der Waals surface area contributed by atoms with Crippen molar-refractivity contribution in [1.82, 2.24) is 10.6 Å². The lowest BCUT2D eigenvalue weighted by Crippen LogP contribution is -2.59. The number of hydrogen-bond donors (Lipinski definition) is 2. The monoisotopic (exact) mass is 510 g/mol. The highest BCUT2D eigenvalue weighted by Crippen LogP contribution is 2.37. The lowest BCUT2D eigenvalue weighted by atomic mass is 10.1. The largest absolute Gasteiger partial charge is 0.453 e. The van der Waals surface area contributed by atoms with Crippen LogP contribution in [0, 0.1) is 0 Å². The molecule has 1 aliphatic heterocycles. The van der Waals surface area contributed by atoms with Crippen LogP contribution in [0.1, 0.15) is 47.1 Å². The van der Waals surface area contributed by atoms with Crippen LogP contribution < -0.4 is 10.6 Å². The molecule has 10 heteroatoms. The van der Waals surface area contributed by atoms with Gasteiger partial charge in [0.05, 0.1) is 26.4 Å². The SMILES string of the molecule is COC(=O)N[C@H](C(=O)NC(OCc1ccccc1)[C@H]1COC(C)(C)O1)[C@H](C)O[Si](C)(C)C(C)(C)C. The molecule has 0 bridgehead atoms. The van der Waals surface area contributed by atoms with Crippen molar-refractivity contribution in [1.29, 1.82) is 0 Å². The second-order valence-corrected chi connectivity index (χ2v) is 15.5. The molecule has 0 saturated carbocycles. The number of rotatable bonds is 10. The normalized spacial score (nSPS) is 20.5. The first-order valence-corrected chi connectivity index (χ1v) is 14.9. The van der Waals surface area contributed by atoms with Crippen LogP contribution in [0.2, 0.25) is 18.1 Å². The molecule has 0 aliphatic carbocycles. The Morgan fingerprint density at radius 1 is 1.17 bits per heavy atom. The van der Waals surface area contributed by atoms with Crippen LogP contribution in [0.4, 0.5) is 4.79 Å². The van der Waals surface area contributed by atoms with Crippen molar-refractivity contribution < 1.29 is 33.0 Å². The molecule has 1 aromatic carbocycles. The molecule has 0 spiro atoms. The number of carbonyl (C=O) groups excluding carboxylic acids is 2. The van der Waals surface area contributed by atoms with E-state index in [1.165, 1.54) is 7.11 Å². The molecule has 9 nitrogen and oxygen atoms in total. The van der Waals surface area contributed by atoms with Gasteiger partial charge in [-0.1, -0.05) is 51.1 Å². The van der Waals surface area contributed by atoms with E-state index >= 15 is 0 Å². The quantitative estimate of drug-likeness (QED) is 0.363. The van der Waals surface area contributed by atoms with Gasteiger partial charge in [-0.25, -0.2) is 4.79 Å². The fourth-order valence-corrected chi connectivity index (χ4v) is 4.81. The number of amides is 2. The Labute approximate surface area is 210 Å². The first-order chi connectivity index (χ1) is 16.1. The maximum absolute atomic E-state index is 13.5. The van der Waals surface area contributed by atoms with E-state index in [9.17, 15) is 9.59 Å². The zero-order chi connectivity index (χ0) is 26.4. The third kappa shape index (κ3) is 8.57. The Bertz CT molecular complexity index is 842. The third-order valence-electron chi connectivity index (χ3n) is 6.42. The van der Waals surface area contributed by atoms with E-state index in [0.29, 0.717) is 0 Å². The van der Waals surface area contributed by atoms with E-state index in [4.69, 9.17) is 23.4 Å². The summed E-state index contributed by atoms with van der Waals surface area (Å²) in [6.45, 7) is 16.4. The molecule has 1 aliphatic rings. The van der Waals surface area contributed by atoms with E-state index in [0.717, 1.165) is 5.56 Å². The van der Waals surface area contributed by atoms with Crippen LogP contribution in [0.3, 0.4) is 0 Å². The summed E-state index contributed by atoms with van der Waals surface area (Å²) in [6.07, 6.45) is -2.68. The average Bonchev–Trinajstić information content (AvgIpc) is 3.13. The van der Waals surface area contributed by atoms with Crippen LogP contribution in [0.25, 0.3) is 0 Å². The molecule has 1 saturated heterocycles. The van der Waals surface area contributed by atoms with Crippen LogP contribution >= 0.6 is 0 Å². The van der Waals surface area contributed by atoms with Gasteiger partial charge in [0.1, 0.15) is 12.1 Å². The van der Waals surface area contributed by atoms with Gasteiger partial charge in [0.2, 0.25) is 5.91 Å². The first kappa shape index (κ1) is 29.2. The molecule has 35 heavy (non-hydrogen) atoms. The van der Waals surface area contributed by atoms with Gasteiger partial charge in [0.25, 0.3) is 0 Å². The number of ether oxygens (including phenoxy) is 4. The van der Waals surface area contributed by atoms with Crippen molar-refractivity contribution >= 4 is 20.3 Å². The molecular weight excluding hydrogens is 468 g/mol. The van der Waals surface area contributed by atoms with Crippen molar-refractivity contribution in [2.75, 3.05) is 13.7 Å². The van der Waals surface area contributed by atoms with E-state index in [2.05, 4.69) is 44.5 Å². The molecule has 1 heterocycles. The number of hydrogen-bond acceptors (Lipinski definition) is 7. The Morgan fingerprint density at radius 2 is 1.80 bits per heavy atom. The van der Waals surface area contributed by atoms with Gasteiger partial charge in [0, 0.05) is 0 Å². The smallest absolute Gasteiger partial charge is 0.407 e. The van der Waals surface area contributed by atoms with Gasteiger partial charge in [-0.2, -0.15) is 0 Å². The first-order valence-electron chi connectivity index (χ1n) is 11.9. The minimum Gasteiger partial charge on any atom is -0.453 e. The highest BCUT2D eigenvalue weighted by molar-refractivity contribution is 6.74. The summed E-state index contributed by atoms with van der Waals surface area (Å²) in [5.74, 6) is -1.26. The van der Waals surface area contributed by atoms with Crippen molar-refractivity contribution in [2.24, 2.45) is 0 Å². The standard InChI is InChI=1S/C25H42N2O7Si/c1-17(34-35(8,9)24(2,3)4)20(26-23(29)30-7)21(28)27-22(19-16-32-25(5,6)33-19)31-15-18-13-11-10-12-14-18/h10-14,17,19-20,22H,15-16H2,1-9H3,(H,26,29)(H,27,28)/t17-,19+,20-,22?/m0/s1. The topological polar surface area (TPSA) is 104 Å². The Hall–Kier alpha value is -1.98. The van der Waals surface area contributed by atoms with Gasteiger partial charge in [-0.3, -0.25) is 4.79 Å². The summed E-state index contributed by atoms with van der Waals surface area (Å²) < 4.78 is 28.9. The fraction of sp³-hybridized carbons (Fsp3) is 0.680. The van der Waals surface area contributed by atoms with Crippen LogP contribution in [0.15, 0.2) is 30.3 Å². The zero-order valence-electron chi connectivity index (χ0n) is 22.5. The van der Waals surface area contributed by atoms with Gasteiger partial charge in [0.15, 0.2) is 20.3 Å². The third-order valence-corrected chi connectivity index (χ3v) is 11.0. The molecular formula is C25H42N2O7Si. The number of carbonyl (C=O) groups is 2. The van der Waals surface area contributed by atoms with Crippen molar-refractivity contribution in [3.8, 4) is 0 Å². The number of alkyl carbamates (subject to hydrolysis) is 1. The second kappa shape index (κ2) is 11.8. The van der Waals surface area contributed by atoms with Gasteiger partial charge < -0.3 is 34.0 Å². The van der Waals surface area contributed by atoms with Crippen LogP contribution in [-0.4, -0.2) is 64.3 Å². The molecule has 1 unspecified atom stereocenters. The molecule has 1 aromatic rings. The highest BCUT2D eigenvalue weighted by Gasteiger charge is 2.43. The molecule has 4 atom stereocenters. The summed E-state index contributed by atoms with van der Waals surface area (Å²) in [5.41, 5.74) is 0.948. The number of nitrogens with one attached hydrogen (secondary N) is 2. The lowest BCUT2D eigenvalue weighted by Gasteiger charge is -2.40. The number of methoxy groups -OCH3 is 1. The zero-order valence-corrected chi connectivity index (χ0v) is 23.5. The summed E-state index contributed by atoms with van der Waals surface area (Å²) in [6, 6.07) is 8.62. The number of benzene rings is 1. The second-order valence-electron chi connectivity index (χ2n) is 10.8. The predicted molar refractivity (Wildman–Crippen MR) is 135 cm³/mol. The Balaban J connectivity index is 2.22. The average molecular weight is 511 g/mol. The molecule has 1 fully saturated rings. The summed E-state index contributed by atoms with van der Waals surface area (Å²) in [7, 11) is -0.979. The molecule has 2 N–H and O–H groups in total. The van der Waals surface area contributed by atoms with Crippen molar-refractivity contribution in [3.63, 3.8) is 0 Å². The fourth-order valence-electron chi connectivity index (χ4n) is 3.39. The summed E-state index contributed by atoms with van der Waals surface area (Å²) in [4.78, 5) is 25.6. The predicted octanol–water partition coefficient (Wildman–Crippen LogP) is 3.93. The van der Waals surface area contributed by atoms with Crippen LogP contribution in [0.5, 0.6) is 0 Å². The van der Waals surface area contributed by atoms with E-state index in [1.54, 1.807) is 20.8 Å². The Morgan fingerprint density at radius 3 is 2.31 bits per heavy atom. The maximum Gasteiger partial charge on any atom is 0.407 e. The van der Waals surface area contributed by atoms with E-state index in [1.807, 2.05) is 30.3 Å². The highest BCUT2D eigenvalue weighted by atomic mass is 28.4. The molecule has 2 amide bonds. The van der Waals surface area contributed by atoms with Crippen molar-refractivity contribution in [3.05, 3.63) is 35.9 Å². The maximum atomic E-state index is 13.5. The molecule has 198 valence electrons. The Kier molecular flexibility index (Phi) is 9.89. The minimum atomic E-state index is -2.23. The van der Waals surface area contributed by atoms with Gasteiger partial charge >= 0.3 is 6.09 Å². The summed E-state index contributed by atoms with van der Waals surface area (Å²) >= 11 is 0. The molecule has 2 rings (SSSR count). The van der Waals surface area contributed by atoms with Crippen molar-refractivity contribution in [2.45, 2.75) is 96.5 Å².